The number of hydrogen-bond donors (Lipinski definition) is 1. The van der Waals surface area contributed by atoms with E-state index < -0.39 is 0 Å². The summed E-state index contributed by atoms with van der Waals surface area (Å²) in [5.41, 5.74) is 2.55. The predicted octanol–water partition coefficient (Wildman–Crippen LogP) is 2.79. The fourth-order valence-corrected chi connectivity index (χ4v) is 3.69. The van der Waals surface area contributed by atoms with Crippen molar-refractivity contribution in [2.75, 3.05) is 23.3 Å². The normalized spacial score (nSPS) is 25.7. The lowest BCUT2D eigenvalue weighted by atomic mass is 9.88. The lowest BCUT2D eigenvalue weighted by molar-refractivity contribution is 0.332. The largest absolute Gasteiger partial charge is 0.378 e. The van der Waals surface area contributed by atoms with Crippen molar-refractivity contribution < 1.29 is 0 Å². The molecule has 106 valence electrons. The van der Waals surface area contributed by atoms with Gasteiger partial charge in [-0.2, -0.15) is 5.10 Å². The van der Waals surface area contributed by atoms with Crippen molar-refractivity contribution in [2.45, 2.75) is 52.0 Å². The van der Waals surface area contributed by atoms with Crippen LogP contribution in [-0.4, -0.2) is 28.9 Å². The zero-order chi connectivity index (χ0) is 13.4. The van der Waals surface area contributed by atoms with E-state index in [9.17, 15) is 0 Å². The van der Waals surface area contributed by atoms with Gasteiger partial charge in [0, 0.05) is 26.2 Å². The second-order valence-electron chi connectivity index (χ2n) is 6.05. The molecule has 2 aliphatic rings. The molecule has 2 unspecified atom stereocenters. The molecule has 0 aliphatic carbocycles. The van der Waals surface area contributed by atoms with Crippen LogP contribution in [0.2, 0.25) is 0 Å². The summed E-state index contributed by atoms with van der Waals surface area (Å²) in [7, 11) is 2.09. The van der Waals surface area contributed by atoms with Crippen molar-refractivity contribution in [1.29, 1.82) is 0 Å². The zero-order valence-corrected chi connectivity index (χ0v) is 12.4. The second-order valence-corrected chi connectivity index (χ2v) is 6.05. The Balaban J connectivity index is 1.89. The first-order chi connectivity index (χ1) is 9.24. The number of hydrogen-bond acceptors (Lipinski definition) is 3. The van der Waals surface area contributed by atoms with Crippen LogP contribution in [0.25, 0.3) is 0 Å². The molecule has 0 radical (unpaired) electrons. The van der Waals surface area contributed by atoms with E-state index in [0.29, 0.717) is 6.04 Å². The van der Waals surface area contributed by atoms with Crippen LogP contribution in [0, 0.1) is 5.92 Å². The first-order valence-corrected chi connectivity index (χ1v) is 7.81. The summed E-state index contributed by atoms with van der Waals surface area (Å²) in [5.74, 6) is 2.24. The van der Waals surface area contributed by atoms with Crippen LogP contribution in [0.4, 0.5) is 11.5 Å². The molecule has 2 aliphatic heterocycles. The molecule has 1 aromatic heterocycles. The van der Waals surface area contributed by atoms with Crippen molar-refractivity contribution in [1.82, 2.24) is 9.78 Å². The second kappa shape index (κ2) is 5.06. The molecule has 3 rings (SSSR count). The minimum Gasteiger partial charge on any atom is -0.378 e. The topological polar surface area (TPSA) is 33.1 Å². The highest BCUT2D eigenvalue weighted by atomic mass is 15.4. The van der Waals surface area contributed by atoms with E-state index in [2.05, 4.69) is 35.8 Å². The third-order valence-electron chi connectivity index (χ3n) is 4.76. The molecule has 2 atom stereocenters. The molecule has 0 bridgehead atoms. The Morgan fingerprint density at radius 1 is 1.37 bits per heavy atom. The molecular formula is C15H26N4. The summed E-state index contributed by atoms with van der Waals surface area (Å²) >= 11 is 0. The number of aryl methyl sites for hydroxylation is 2. The molecule has 1 fully saturated rings. The Morgan fingerprint density at radius 3 is 2.95 bits per heavy atom. The summed E-state index contributed by atoms with van der Waals surface area (Å²) in [5, 5.41) is 8.38. The standard InChI is InChI=1S/C15H26N4/c1-4-6-13-14-15(18(3)17-13)19-8-7-11(5-2)9-12(19)10-16-14/h11-12,16H,4-10H2,1-3H3. The van der Waals surface area contributed by atoms with Crippen LogP contribution >= 0.6 is 0 Å². The van der Waals surface area contributed by atoms with Gasteiger partial charge in [-0.25, -0.2) is 0 Å². The Labute approximate surface area is 116 Å². The maximum absolute atomic E-state index is 4.72. The van der Waals surface area contributed by atoms with Crippen LogP contribution in [0.1, 0.15) is 45.2 Å². The first-order valence-electron chi connectivity index (χ1n) is 7.81. The number of anilines is 2. The maximum Gasteiger partial charge on any atom is 0.150 e. The molecule has 0 aromatic carbocycles. The highest BCUT2D eigenvalue weighted by Gasteiger charge is 2.35. The maximum atomic E-state index is 4.72. The van der Waals surface area contributed by atoms with Gasteiger partial charge in [0.2, 0.25) is 0 Å². The van der Waals surface area contributed by atoms with Crippen molar-refractivity contribution in [3.05, 3.63) is 5.69 Å². The van der Waals surface area contributed by atoms with Crippen LogP contribution in [0.3, 0.4) is 0 Å². The number of nitrogens with zero attached hydrogens (tertiary/aromatic N) is 3. The molecule has 3 heterocycles. The SMILES string of the molecule is CCCc1nn(C)c2c1NCC1CC(CC)CCN21. The highest BCUT2D eigenvalue weighted by molar-refractivity contribution is 5.72. The van der Waals surface area contributed by atoms with Crippen LogP contribution < -0.4 is 10.2 Å². The fourth-order valence-electron chi connectivity index (χ4n) is 3.69. The van der Waals surface area contributed by atoms with Gasteiger partial charge in [0.15, 0.2) is 5.82 Å². The molecule has 0 saturated carbocycles. The zero-order valence-electron chi connectivity index (χ0n) is 12.4. The Kier molecular flexibility index (Phi) is 3.42. The third kappa shape index (κ3) is 2.11. The molecule has 1 N–H and O–H groups in total. The molecule has 1 saturated heterocycles. The summed E-state index contributed by atoms with van der Waals surface area (Å²) in [6.45, 7) is 6.83. The van der Waals surface area contributed by atoms with Gasteiger partial charge in [-0.1, -0.05) is 26.7 Å². The van der Waals surface area contributed by atoms with Gasteiger partial charge in [0.25, 0.3) is 0 Å². The molecule has 1 aromatic rings. The van der Waals surface area contributed by atoms with Gasteiger partial charge in [-0.3, -0.25) is 4.68 Å². The van der Waals surface area contributed by atoms with E-state index in [1.165, 1.54) is 43.0 Å². The van der Waals surface area contributed by atoms with Crippen molar-refractivity contribution in [2.24, 2.45) is 13.0 Å². The van der Waals surface area contributed by atoms with Crippen molar-refractivity contribution >= 4 is 11.5 Å². The smallest absolute Gasteiger partial charge is 0.150 e. The van der Waals surface area contributed by atoms with Gasteiger partial charge < -0.3 is 10.2 Å². The van der Waals surface area contributed by atoms with Crippen molar-refractivity contribution in [3.8, 4) is 0 Å². The summed E-state index contributed by atoms with van der Waals surface area (Å²) < 4.78 is 2.09. The summed E-state index contributed by atoms with van der Waals surface area (Å²) in [4.78, 5) is 2.60. The minimum absolute atomic E-state index is 0.663. The van der Waals surface area contributed by atoms with Gasteiger partial charge in [0.1, 0.15) is 5.69 Å². The van der Waals surface area contributed by atoms with E-state index >= 15 is 0 Å². The van der Waals surface area contributed by atoms with E-state index in [1.54, 1.807) is 0 Å². The van der Waals surface area contributed by atoms with Gasteiger partial charge >= 0.3 is 0 Å². The fraction of sp³-hybridized carbons (Fsp3) is 0.800. The van der Waals surface area contributed by atoms with E-state index in [4.69, 9.17) is 5.10 Å². The average molecular weight is 262 g/mol. The van der Waals surface area contributed by atoms with E-state index in [1.807, 2.05) is 0 Å². The molecule has 0 amide bonds. The molecule has 19 heavy (non-hydrogen) atoms. The summed E-state index contributed by atoms with van der Waals surface area (Å²) in [6, 6.07) is 0.663. The van der Waals surface area contributed by atoms with E-state index in [-0.39, 0.29) is 0 Å². The highest BCUT2D eigenvalue weighted by Crippen LogP contribution is 2.39. The molecular weight excluding hydrogens is 236 g/mol. The van der Waals surface area contributed by atoms with Crippen LogP contribution in [0.5, 0.6) is 0 Å². The monoisotopic (exact) mass is 262 g/mol. The van der Waals surface area contributed by atoms with Crippen LogP contribution in [0.15, 0.2) is 0 Å². The average Bonchev–Trinajstić information content (AvgIpc) is 2.75. The number of piperidine rings is 1. The van der Waals surface area contributed by atoms with E-state index in [0.717, 1.165) is 25.3 Å². The number of aromatic nitrogens is 2. The van der Waals surface area contributed by atoms with Gasteiger partial charge in [-0.05, 0) is 25.2 Å². The summed E-state index contributed by atoms with van der Waals surface area (Å²) in [6.07, 6.45) is 6.22. The molecule has 0 spiro atoms. The predicted molar refractivity (Wildman–Crippen MR) is 79.8 cm³/mol. The number of rotatable bonds is 3. The number of nitrogens with one attached hydrogen (secondary N) is 1. The van der Waals surface area contributed by atoms with Gasteiger partial charge in [0.05, 0.1) is 5.69 Å². The quantitative estimate of drug-likeness (QED) is 0.909. The lowest BCUT2D eigenvalue weighted by Crippen LogP contribution is -2.49. The van der Waals surface area contributed by atoms with Crippen molar-refractivity contribution in [3.63, 3.8) is 0 Å². The Bertz CT molecular complexity index is 451. The third-order valence-corrected chi connectivity index (χ3v) is 4.76. The minimum atomic E-state index is 0.663. The Hall–Kier alpha value is -1.19. The van der Waals surface area contributed by atoms with Crippen LogP contribution in [-0.2, 0) is 13.5 Å². The lowest BCUT2D eigenvalue weighted by Gasteiger charge is -2.44. The van der Waals surface area contributed by atoms with Gasteiger partial charge in [-0.15, -0.1) is 0 Å². The number of fused-ring (bicyclic) bond motifs is 3. The first kappa shape index (κ1) is 12.8. The molecule has 4 nitrogen and oxygen atoms in total. The Morgan fingerprint density at radius 2 is 2.21 bits per heavy atom. The molecule has 4 heteroatoms.